The Balaban J connectivity index is 1.92. The van der Waals surface area contributed by atoms with Crippen molar-refractivity contribution in [2.75, 3.05) is 18.4 Å². The van der Waals surface area contributed by atoms with E-state index in [1.165, 1.54) is 16.8 Å². The lowest BCUT2D eigenvalue weighted by molar-refractivity contribution is 0.0754. The van der Waals surface area contributed by atoms with Crippen LogP contribution >= 0.6 is 0 Å². The number of hydrogen-bond donors (Lipinski definition) is 2. The van der Waals surface area contributed by atoms with Gasteiger partial charge in [0.25, 0.3) is 17.4 Å². The Morgan fingerprint density at radius 1 is 1.14 bits per heavy atom. The molecule has 7 heteroatoms. The second-order valence-corrected chi connectivity index (χ2v) is 7.05. The standard InChI is InChI=1S/C22H26N4O3/c1-4-10-26(11-5-2)21(28)15-12-19(22(29)25(3)14-15)24-20(27)17-13-23-18-9-7-6-8-16(17)18/h6-9,12-14,23H,4-5,10-11H2,1-3H3,(H,24,27). The van der Waals surface area contributed by atoms with Crippen LogP contribution < -0.4 is 10.9 Å². The number of fused-ring (bicyclic) bond motifs is 1. The molecule has 0 fully saturated rings. The maximum Gasteiger partial charge on any atom is 0.274 e. The Morgan fingerprint density at radius 2 is 1.83 bits per heavy atom. The van der Waals surface area contributed by atoms with Crippen molar-refractivity contribution in [1.82, 2.24) is 14.5 Å². The molecule has 0 radical (unpaired) electrons. The number of para-hydroxylation sites is 1. The molecule has 2 aromatic heterocycles. The zero-order valence-corrected chi connectivity index (χ0v) is 17.0. The highest BCUT2D eigenvalue weighted by Gasteiger charge is 2.19. The average molecular weight is 394 g/mol. The number of aromatic nitrogens is 2. The van der Waals surface area contributed by atoms with Gasteiger partial charge in [-0.3, -0.25) is 14.4 Å². The maximum atomic E-state index is 12.9. The van der Waals surface area contributed by atoms with Crippen LogP contribution in [0.3, 0.4) is 0 Å². The van der Waals surface area contributed by atoms with E-state index in [1.54, 1.807) is 18.1 Å². The van der Waals surface area contributed by atoms with E-state index < -0.39 is 5.91 Å². The van der Waals surface area contributed by atoms with Crippen LogP contribution in [-0.2, 0) is 7.05 Å². The molecule has 0 spiro atoms. The molecule has 0 saturated heterocycles. The minimum atomic E-state index is -0.400. The highest BCUT2D eigenvalue weighted by atomic mass is 16.2. The zero-order valence-electron chi connectivity index (χ0n) is 17.0. The average Bonchev–Trinajstić information content (AvgIpc) is 3.15. The molecule has 29 heavy (non-hydrogen) atoms. The van der Waals surface area contributed by atoms with Crippen LogP contribution in [0.25, 0.3) is 10.9 Å². The minimum Gasteiger partial charge on any atom is -0.360 e. The molecule has 2 amide bonds. The first-order valence-electron chi connectivity index (χ1n) is 9.83. The van der Waals surface area contributed by atoms with E-state index in [9.17, 15) is 14.4 Å². The summed E-state index contributed by atoms with van der Waals surface area (Å²) in [6, 6.07) is 8.91. The van der Waals surface area contributed by atoms with Crippen LogP contribution in [0.15, 0.2) is 47.5 Å². The summed E-state index contributed by atoms with van der Waals surface area (Å²) in [6.07, 6.45) is 4.83. The number of benzene rings is 1. The molecule has 1 aromatic carbocycles. The van der Waals surface area contributed by atoms with Gasteiger partial charge in [0.2, 0.25) is 0 Å². The van der Waals surface area contributed by atoms with Gasteiger partial charge in [-0.1, -0.05) is 32.0 Å². The number of pyridine rings is 1. The largest absolute Gasteiger partial charge is 0.360 e. The molecule has 152 valence electrons. The Morgan fingerprint density at radius 3 is 2.52 bits per heavy atom. The number of hydrogen-bond acceptors (Lipinski definition) is 3. The van der Waals surface area contributed by atoms with Crippen LogP contribution in [0.2, 0.25) is 0 Å². The van der Waals surface area contributed by atoms with Crippen LogP contribution in [0.1, 0.15) is 47.4 Å². The predicted octanol–water partition coefficient (Wildman–Crippen LogP) is 3.38. The number of H-pyrrole nitrogens is 1. The number of nitrogens with zero attached hydrogens (tertiary/aromatic N) is 2. The van der Waals surface area contributed by atoms with E-state index in [4.69, 9.17) is 0 Å². The number of carbonyl (C=O) groups excluding carboxylic acids is 2. The quantitative estimate of drug-likeness (QED) is 0.644. The van der Waals surface area contributed by atoms with Gasteiger partial charge in [-0.25, -0.2) is 0 Å². The number of rotatable bonds is 7. The highest BCUT2D eigenvalue weighted by molar-refractivity contribution is 6.13. The van der Waals surface area contributed by atoms with Crippen LogP contribution in [-0.4, -0.2) is 39.4 Å². The Kier molecular flexibility index (Phi) is 6.16. The molecular weight excluding hydrogens is 368 g/mol. The lowest BCUT2D eigenvalue weighted by Crippen LogP contribution is -2.34. The molecular formula is C22H26N4O3. The maximum absolute atomic E-state index is 12.9. The Bertz CT molecular complexity index is 1090. The monoisotopic (exact) mass is 394 g/mol. The van der Waals surface area contributed by atoms with Gasteiger partial charge in [0.15, 0.2) is 0 Å². The molecule has 3 rings (SSSR count). The molecule has 2 heterocycles. The van der Waals surface area contributed by atoms with Gasteiger partial charge in [0, 0.05) is 43.4 Å². The summed E-state index contributed by atoms with van der Waals surface area (Å²) >= 11 is 0. The fraction of sp³-hybridized carbons (Fsp3) is 0.318. The zero-order chi connectivity index (χ0) is 21.0. The molecule has 0 aliphatic heterocycles. The van der Waals surface area contributed by atoms with E-state index in [0.29, 0.717) is 24.2 Å². The number of aryl methyl sites for hydroxylation is 1. The summed E-state index contributed by atoms with van der Waals surface area (Å²) in [4.78, 5) is 43.1. The van der Waals surface area contributed by atoms with Gasteiger partial charge in [-0.2, -0.15) is 0 Å². The van der Waals surface area contributed by atoms with E-state index in [2.05, 4.69) is 10.3 Å². The molecule has 0 saturated carbocycles. The van der Waals surface area contributed by atoms with Crippen molar-refractivity contribution in [3.8, 4) is 0 Å². The van der Waals surface area contributed by atoms with Gasteiger partial charge in [-0.05, 0) is 25.0 Å². The summed E-state index contributed by atoms with van der Waals surface area (Å²) in [7, 11) is 1.57. The van der Waals surface area contributed by atoms with Crippen LogP contribution in [0.5, 0.6) is 0 Å². The molecule has 0 bridgehead atoms. The summed E-state index contributed by atoms with van der Waals surface area (Å²) < 4.78 is 1.33. The first kappa shape index (κ1) is 20.4. The van der Waals surface area contributed by atoms with Gasteiger partial charge in [-0.15, -0.1) is 0 Å². The molecule has 0 unspecified atom stereocenters. The smallest absolute Gasteiger partial charge is 0.274 e. The van der Waals surface area contributed by atoms with Gasteiger partial charge < -0.3 is 19.8 Å². The van der Waals surface area contributed by atoms with Crippen molar-refractivity contribution >= 4 is 28.4 Å². The Labute approximate surface area is 169 Å². The van der Waals surface area contributed by atoms with Crippen molar-refractivity contribution < 1.29 is 9.59 Å². The number of anilines is 1. The molecule has 7 nitrogen and oxygen atoms in total. The second-order valence-electron chi connectivity index (χ2n) is 7.05. The van der Waals surface area contributed by atoms with E-state index >= 15 is 0 Å². The van der Waals surface area contributed by atoms with Gasteiger partial charge in [0.05, 0.1) is 11.1 Å². The van der Waals surface area contributed by atoms with E-state index in [-0.39, 0.29) is 17.2 Å². The van der Waals surface area contributed by atoms with E-state index in [1.807, 2.05) is 38.1 Å². The molecule has 0 aliphatic rings. The van der Waals surface area contributed by atoms with E-state index in [0.717, 1.165) is 23.7 Å². The fourth-order valence-electron chi connectivity index (χ4n) is 3.40. The topological polar surface area (TPSA) is 87.2 Å². The van der Waals surface area contributed by atoms with Crippen LogP contribution in [0, 0.1) is 0 Å². The molecule has 3 aromatic rings. The first-order valence-corrected chi connectivity index (χ1v) is 9.83. The van der Waals surface area contributed by atoms with Gasteiger partial charge >= 0.3 is 0 Å². The van der Waals surface area contributed by atoms with Gasteiger partial charge in [0.1, 0.15) is 5.69 Å². The lowest BCUT2D eigenvalue weighted by Gasteiger charge is -2.22. The van der Waals surface area contributed by atoms with Crippen molar-refractivity contribution in [2.45, 2.75) is 26.7 Å². The molecule has 0 aliphatic carbocycles. The van der Waals surface area contributed by atoms with Crippen molar-refractivity contribution in [2.24, 2.45) is 7.05 Å². The summed E-state index contributed by atoms with van der Waals surface area (Å²) in [5, 5.41) is 3.45. The summed E-state index contributed by atoms with van der Waals surface area (Å²) in [5.74, 6) is -0.546. The van der Waals surface area contributed by atoms with Crippen molar-refractivity contribution in [1.29, 1.82) is 0 Å². The van der Waals surface area contributed by atoms with Crippen molar-refractivity contribution in [3.05, 3.63) is 64.2 Å². The summed E-state index contributed by atoms with van der Waals surface area (Å²) in [6.45, 7) is 5.33. The fourth-order valence-corrected chi connectivity index (χ4v) is 3.40. The number of nitrogens with one attached hydrogen (secondary N) is 2. The third-order valence-corrected chi connectivity index (χ3v) is 4.79. The number of aromatic amines is 1. The Hall–Kier alpha value is -3.35. The molecule has 2 N–H and O–H groups in total. The summed E-state index contributed by atoms with van der Waals surface area (Å²) in [5.41, 5.74) is 1.37. The number of amides is 2. The number of carbonyl (C=O) groups is 2. The SMILES string of the molecule is CCCN(CCC)C(=O)c1cc(NC(=O)c2c[nH]c3ccccc23)c(=O)n(C)c1. The third kappa shape index (κ3) is 4.23. The minimum absolute atomic E-state index is 0.0848. The lowest BCUT2D eigenvalue weighted by atomic mass is 10.1. The second kappa shape index (κ2) is 8.77. The first-order chi connectivity index (χ1) is 14.0. The van der Waals surface area contributed by atoms with Crippen LogP contribution in [0.4, 0.5) is 5.69 Å². The predicted molar refractivity (Wildman–Crippen MR) is 114 cm³/mol. The highest BCUT2D eigenvalue weighted by Crippen LogP contribution is 2.19. The normalized spacial score (nSPS) is 10.9. The molecule has 0 atom stereocenters. The third-order valence-electron chi connectivity index (χ3n) is 4.79. The van der Waals surface area contributed by atoms with Crippen molar-refractivity contribution in [3.63, 3.8) is 0 Å².